The van der Waals surface area contributed by atoms with E-state index in [4.69, 9.17) is 5.73 Å². The van der Waals surface area contributed by atoms with E-state index in [1.54, 1.807) is 12.1 Å². The lowest BCUT2D eigenvalue weighted by Crippen LogP contribution is -2.15. The Morgan fingerprint density at radius 2 is 1.95 bits per heavy atom. The highest BCUT2D eigenvalue weighted by Crippen LogP contribution is 2.23. The van der Waals surface area contributed by atoms with Crippen molar-refractivity contribution < 1.29 is 9.72 Å². The van der Waals surface area contributed by atoms with Gasteiger partial charge in [-0.1, -0.05) is 18.2 Å². The van der Waals surface area contributed by atoms with Gasteiger partial charge in [0.25, 0.3) is 11.6 Å². The summed E-state index contributed by atoms with van der Waals surface area (Å²) in [6.07, 6.45) is 0. The Labute approximate surface area is 115 Å². The number of hydrogen-bond acceptors (Lipinski definition) is 4. The molecule has 0 radical (unpaired) electrons. The monoisotopic (exact) mass is 271 g/mol. The van der Waals surface area contributed by atoms with Gasteiger partial charge in [-0.15, -0.1) is 0 Å². The number of aryl methyl sites for hydroxylation is 1. The number of carbonyl (C=O) groups excluding carboxylic acids is 1. The topological polar surface area (TPSA) is 98.3 Å². The lowest BCUT2D eigenvalue weighted by atomic mass is 10.1. The number of nitrogens with zero attached hydrogens (tertiary/aromatic N) is 1. The number of nitro groups is 1. The van der Waals surface area contributed by atoms with Crippen molar-refractivity contribution in [2.75, 3.05) is 11.1 Å². The molecule has 102 valence electrons. The van der Waals surface area contributed by atoms with Gasteiger partial charge in [0.05, 0.1) is 4.92 Å². The number of amides is 1. The van der Waals surface area contributed by atoms with E-state index >= 15 is 0 Å². The molecule has 6 nitrogen and oxygen atoms in total. The van der Waals surface area contributed by atoms with Crippen LogP contribution in [-0.4, -0.2) is 10.8 Å². The fourth-order valence-electron chi connectivity index (χ4n) is 1.80. The maximum atomic E-state index is 12.2. The van der Waals surface area contributed by atoms with Crippen molar-refractivity contribution in [2.24, 2.45) is 0 Å². The van der Waals surface area contributed by atoms with Gasteiger partial charge in [0.1, 0.15) is 5.56 Å². The molecule has 0 aromatic heterocycles. The predicted molar refractivity (Wildman–Crippen MR) is 76.6 cm³/mol. The molecule has 0 aliphatic rings. The molecule has 2 aromatic rings. The lowest BCUT2D eigenvalue weighted by Gasteiger charge is -2.08. The molecular weight excluding hydrogens is 258 g/mol. The fraction of sp³-hybridized carbons (Fsp3) is 0.0714. The van der Waals surface area contributed by atoms with E-state index in [0.29, 0.717) is 11.4 Å². The molecule has 20 heavy (non-hydrogen) atoms. The Bertz CT molecular complexity index is 683. The molecule has 0 unspecified atom stereocenters. The Balaban J connectivity index is 2.37. The van der Waals surface area contributed by atoms with Crippen molar-refractivity contribution in [3.05, 3.63) is 63.7 Å². The van der Waals surface area contributed by atoms with Crippen LogP contribution in [0.1, 0.15) is 15.9 Å². The summed E-state index contributed by atoms with van der Waals surface area (Å²) in [7, 11) is 0. The van der Waals surface area contributed by atoms with Gasteiger partial charge in [-0.25, -0.2) is 0 Å². The van der Waals surface area contributed by atoms with Gasteiger partial charge in [-0.2, -0.15) is 0 Å². The van der Waals surface area contributed by atoms with Gasteiger partial charge < -0.3 is 11.1 Å². The van der Waals surface area contributed by atoms with Crippen LogP contribution in [0.4, 0.5) is 17.1 Å². The van der Waals surface area contributed by atoms with Crippen LogP contribution in [0.5, 0.6) is 0 Å². The molecule has 0 bridgehead atoms. The maximum absolute atomic E-state index is 12.2. The van der Waals surface area contributed by atoms with Gasteiger partial charge in [-0.3, -0.25) is 14.9 Å². The number of hydrogen-bond donors (Lipinski definition) is 2. The highest BCUT2D eigenvalue weighted by Gasteiger charge is 2.20. The second-order valence-electron chi connectivity index (χ2n) is 4.30. The smallest absolute Gasteiger partial charge is 0.282 e. The summed E-state index contributed by atoms with van der Waals surface area (Å²) in [5, 5.41) is 13.6. The first-order valence-corrected chi connectivity index (χ1v) is 5.90. The van der Waals surface area contributed by atoms with Gasteiger partial charge in [-0.05, 0) is 30.7 Å². The molecule has 0 spiro atoms. The summed E-state index contributed by atoms with van der Waals surface area (Å²) in [5.74, 6) is -0.557. The van der Waals surface area contributed by atoms with Crippen LogP contribution in [0.3, 0.4) is 0 Å². The summed E-state index contributed by atoms with van der Waals surface area (Å²) < 4.78 is 0. The number of benzene rings is 2. The molecule has 0 aliphatic heterocycles. The zero-order chi connectivity index (χ0) is 14.7. The minimum Gasteiger partial charge on any atom is -0.399 e. The van der Waals surface area contributed by atoms with Gasteiger partial charge in [0.15, 0.2) is 0 Å². The first-order valence-electron chi connectivity index (χ1n) is 5.90. The standard InChI is InChI=1S/C14H13N3O3/c1-9-4-2-3-5-12(9)16-14(18)11-8-10(15)6-7-13(11)17(19)20/h2-8H,15H2,1H3,(H,16,18). The maximum Gasteiger partial charge on any atom is 0.282 e. The van der Waals surface area contributed by atoms with E-state index in [1.165, 1.54) is 18.2 Å². The number of nitrogen functional groups attached to an aromatic ring is 1. The number of nitrogens with two attached hydrogens (primary N) is 1. The van der Waals surface area contributed by atoms with Crippen LogP contribution in [0.2, 0.25) is 0 Å². The molecule has 0 atom stereocenters. The molecule has 0 saturated carbocycles. The minimum atomic E-state index is -0.605. The van der Waals surface area contributed by atoms with Crippen LogP contribution in [-0.2, 0) is 0 Å². The van der Waals surface area contributed by atoms with Crippen LogP contribution < -0.4 is 11.1 Å². The van der Waals surface area contributed by atoms with Crippen LogP contribution in [0.25, 0.3) is 0 Å². The lowest BCUT2D eigenvalue weighted by molar-refractivity contribution is -0.385. The molecule has 0 heterocycles. The minimum absolute atomic E-state index is 0.0572. The molecule has 0 fully saturated rings. The number of rotatable bonds is 3. The van der Waals surface area contributed by atoms with E-state index in [2.05, 4.69) is 5.32 Å². The van der Waals surface area contributed by atoms with Crippen molar-refractivity contribution in [2.45, 2.75) is 6.92 Å². The first kappa shape index (κ1) is 13.5. The summed E-state index contributed by atoms with van der Waals surface area (Å²) in [5.41, 5.74) is 7.03. The second kappa shape index (κ2) is 5.40. The summed E-state index contributed by atoms with van der Waals surface area (Å²) in [6.45, 7) is 1.84. The first-order chi connectivity index (χ1) is 9.49. The van der Waals surface area contributed by atoms with Gasteiger partial charge in [0, 0.05) is 17.4 Å². The van der Waals surface area contributed by atoms with Gasteiger partial charge >= 0.3 is 0 Å². The molecule has 0 aliphatic carbocycles. The molecular formula is C14H13N3O3. The van der Waals surface area contributed by atoms with Crippen LogP contribution in [0, 0.1) is 17.0 Å². The molecule has 1 amide bonds. The summed E-state index contributed by atoms with van der Waals surface area (Å²) >= 11 is 0. The van der Waals surface area contributed by atoms with Crippen molar-refractivity contribution in [3.63, 3.8) is 0 Å². The van der Waals surface area contributed by atoms with E-state index in [9.17, 15) is 14.9 Å². The van der Waals surface area contributed by atoms with Crippen LogP contribution >= 0.6 is 0 Å². The highest BCUT2D eigenvalue weighted by molar-refractivity contribution is 6.07. The number of nitrogens with one attached hydrogen (secondary N) is 1. The third-order valence-electron chi connectivity index (χ3n) is 2.86. The Morgan fingerprint density at radius 3 is 2.60 bits per heavy atom. The molecule has 2 aromatic carbocycles. The molecule has 6 heteroatoms. The highest BCUT2D eigenvalue weighted by atomic mass is 16.6. The second-order valence-corrected chi connectivity index (χ2v) is 4.30. The van der Waals surface area contributed by atoms with E-state index in [1.807, 2.05) is 19.1 Å². The van der Waals surface area contributed by atoms with E-state index < -0.39 is 10.8 Å². The number of nitro benzene ring substituents is 1. The normalized spacial score (nSPS) is 10.1. The quantitative estimate of drug-likeness (QED) is 0.509. The largest absolute Gasteiger partial charge is 0.399 e. The van der Waals surface area contributed by atoms with Crippen molar-refractivity contribution in [1.29, 1.82) is 0 Å². The summed E-state index contributed by atoms with van der Waals surface area (Å²) in [6, 6.07) is 11.1. The van der Waals surface area contributed by atoms with Gasteiger partial charge in [0.2, 0.25) is 0 Å². The Morgan fingerprint density at radius 1 is 1.25 bits per heavy atom. The fourth-order valence-corrected chi connectivity index (χ4v) is 1.80. The van der Waals surface area contributed by atoms with E-state index in [0.717, 1.165) is 5.56 Å². The average Bonchev–Trinajstić information content (AvgIpc) is 2.40. The van der Waals surface area contributed by atoms with Crippen molar-refractivity contribution >= 4 is 23.0 Å². The number of anilines is 2. The molecule has 2 rings (SSSR count). The van der Waals surface area contributed by atoms with E-state index in [-0.39, 0.29) is 11.3 Å². The Hall–Kier alpha value is -2.89. The third-order valence-corrected chi connectivity index (χ3v) is 2.86. The zero-order valence-corrected chi connectivity index (χ0v) is 10.8. The number of carbonyl (C=O) groups is 1. The SMILES string of the molecule is Cc1ccccc1NC(=O)c1cc(N)ccc1[N+](=O)[O-]. The zero-order valence-electron chi connectivity index (χ0n) is 10.8. The van der Waals surface area contributed by atoms with Crippen molar-refractivity contribution in [3.8, 4) is 0 Å². The predicted octanol–water partition coefficient (Wildman–Crippen LogP) is 2.74. The average molecular weight is 271 g/mol. The summed E-state index contributed by atoms with van der Waals surface area (Å²) in [4.78, 5) is 22.5. The molecule has 0 saturated heterocycles. The number of para-hydroxylation sites is 1. The Kier molecular flexibility index (Phi) is 3.65. The molecule has 3 N–H and O–H groups in total. The van der Waals surface area contributed by atoms with Crippen molar-refractivity contribution in [1.82, 2.24) is 0 Å². The van der Waals surface area contributed by atoms with Crippen LogP contribution in [0.15, 0.2) is 42.5 Å². The third kappa shape index (κ3) is 2.74.